The van der Waals surface area contributed by atoms with E-state index in [2.05, 4.69) is 48.0 Å². The third-order valence-electron chi connectivity index (χ3n) is 3.29. The number of nitrogens with zero attached hydrogens (tertiary/aromatic N) is 5. The third kappa shape index (κ3) is 7.48. The summed E-state index contributed by atoms with van der Waals surface area (Å²) in [5.41, 5.74) is 7.03. The Morgan fingerprint density at radius 2 is 1.63 bits per heavy atom. The second-order valence-corrected chi connectivity index (χ2v) is 7.52. The van der Waals surface area contributed by atoms with E-state index in [1.165, 1.54) is 6.33 Å². The SMILES string of the molecule is C.CCNc1ncnc2sc(C)c(N)c12.CCS.[C-]#[N+]c1c(Cl)ncnc1NCC. The number of thiol groups is 1. The molecule has 0 saturated carbocycles. The normalized spacial score (nSPS) is 9.23. The van der Waals surface area contributed by atoms with E-state index in [9.17, 15) is 0 Å². The van der Waals surface area contributed by atoms with Gasteiger partial charge in [0.05, 0.1) is 17.6 Å². The summed E-state index contributed by atoms with van der Waals surface area (Å²) in [6, 6.07) is 0. The number of fused-ring (bicyclic) bond motifs is 1. The second-order valence-electron chi connectivity index (χ2n) is 5.32. The molecule has 0 atom stereocenters. The van der Waals surface area contributed by atoms with Crippen LogP contribution in [0, 0.1) is 13.5 Å². The summed E-state index contributed by atoms with van der Waals surface area (Å²) in [5, 5.41) is 7.24. The van der Waals surface area contributed by atoms with Crippen LogP contribution in [0.4, 0.5) is 23.0 Å². The molecule has 0 aromatic carbocycles. The van der Waals surface area contributed by atoms with Crippen molar-refractivity contribution in [3.63, 3.8) is 0 Å². The van der Waals surface area contributed by atoms with Crippen molar-refractivity contribution >= 4 is 68.8 Å². The fraction of sp³-hybridized carbons (Fsp3) is 0.421. The number of nitrogens with one attached hydrogen (secondary N) is 2. The van der Waals surface area contributed by atoms with E-state index in [0.29, 0.717) is 12.4 Å². The minimum Gasteiger partial charge on any atom is -0.397 e. The quantitative estimate of drug-likeness (QED) is 0.221. The van der Waals surface area contributed by atoms with Gasteiger partial charge in [-0.1, -0.05) is 26.0 Å². The molecule has 0 saturated heterocycles. The Bertz CT molecular complexity index is 956. The average Bonchev–Trinajstić information content (AvgIpc) is 2.99. The van der Waals surface area contributed by atoms with Gasteiger partial charge in [-0.05, 0) is 26.5 Å². The fourth-order valence-electron chi connectivity index (χ4n) is 2.12. The van der Waals surface area contributed by atoms with Crippen LogP contribution < -0.4 is 16.4 Å². The Hall–Kier alpha value is -2.35. The zero-order chi connectivity index (χ0) is 21.8. The molecule has 8 nitrogen and oxygen atoms in total. The van der Waals surface area contributed by atoms with Gasteiger partial charge in [0.15, 0.2) is 0 Å². The molecule has 0 spiro atoms. The number of anilines is 3. The lowest BCUT2D eigenvalue weighted by atomic mass is 10.3. The Balaban J connectivity index is 0.000000487. The molecule has 3 heterocycles. The van der Waals surface area contributed by atoms with Gasteiger partial charge < -0.3 is 16.4 Å². The Morgan fingerprint density at radius 1 is 1.10 bits per heavy atom. The Kier molecular flexibility index (Phi) is 13.5. The smallest absolute Gasteiger partial charge is 0.264 e. The van der Waals surface area contributed by atoms with Crippen LogP contribution in [0.15, 0.2) is 12.7 Å². The summed E-state index contributed by atoms with van der Waals surface area (Å²) in [4.78, 5) is 21.2. The van der Waals surface area contributed by atoms with Crippen molar-refractivity contribution in [3.8, 4) is 0 Å². The third-order valence-corrected chi connectivity index (χ3v) is 4.59. The van der Waals surface area contributed by atoms with Gasteiger partial charge in [0, 0.05) is 18.0 Å². The molecule has 3 aromatic heterocycles. The highest BCUT2D eigenvalue weighted by Gasteiger charge is 2.11. The molecule has 3 rings (SSSR count). The highest BCUT2D eigenvalue weighted by molar-refractivity contribution is 7.80. The molecule has 0 amide bonds. The van der Waals surface area contributed by atoms with Gasteiger partial charge in [0.1, 0.15) is 34.3 Å². The van der Waals surface area contributed by atoms with Gasteiger partial charge in [0.25, 0.3) is 5.69 Å². The average molecular weight is 469 g/mol. The molecule has 30 heavy (non-hydrogen) atoms. The summed E-state index contributed by atoms with van der Waals surface area (Å²) >= 11 is 11.1. The molecule has 11 heteroatoms. The maximum absolute atomic E-state index is 6.82. The standard InChI is InChI=1S/C9H12N4S.C7H7ClN4.C2H6S.CH4/c1-3-11-8-6-7(10)5(2)14-9(6)13-4-12-8;1-3-10-7-5(9-2)6(8)11-4-12-7;1-2-3;/h4H,3,10H2,1-2H3,(H,11,12,13);4H,3H2,1H3,(H,10,11,12);3H,2H2,1H3;1H4. The van der Waals surface area contributed by atoms with E-state index >= 15 is 0 Å². The minimum atomic E-state index is 0. The Labute approximate surface area is 192 Å². The molecule has 0 aliphatic heterocycles. The summed E-state index contributed by atoms with van der Waals surface area (Å²) in [7, 11) is 0. The van der Waals surface area contributed by atoms with Crippen molar-refractivity contribution in [2.75, 3.05) is 35.2 Å². The number of thiophene rings is 1. The first-order chi connectivity index (χ1) is 13.9. The van der Waals surface area contributed by atoms with Gasteiger partial charge in [-0.3, -0.25) is 0 Å². The van der Waals surface area contributed by atoms with Gasteiger partial charge in [-0.2, -0.15) is 12.6 Å². The first-order valence-electron chi connectivity index (χ1n) is 8.90. The summed E-state index contributed by atoms with van der Waals surface area (Å²) in [6.07, 6.45) is 2.89. The van der Waals surface area contributed by atoms with Gasteiger partial charge >= 0.3 is 0 Å². The molecular formula is C19H29ClN8S2. The molecule has 0 aliphatic rings. The molecule has 3 aromatic rings. The number of nitrogen functional groups attached to an aromatic ring is 1. The monoisotopic (exact) mass is 468 g/mol. The van der Waals surface area contributed by atoms with Crippen molar-refractivity contribution in [1.29, 1.82) is 0 Å². The number of aryl methyl sites for hydroxylation is 1. The molecule has 0 fully saturated rings. The Morgan fingerprint density at radius 3 is 2.20 bits per heavy atom. The van der Waals surface area contributed by atoms with E-state index in [1.807, 2.05) is 27.7 Å². The highest BCUT2D eigenvalue weighted by Crippen LogP contribution is 2.35. The first kappa shape index (κ1) is 27.6. The lowest BCUT2D eigenvalue weighted by Gasteiger charge is -2.03. The molecular weight excluding hydrogens is 440 g/mol. The van der Waals surface area contributed by atoms with Gasteiger partial charge in [-0.15, -0.1) is 11.3 Å². The van der Waals surface area contributed by atoms with Crippen LogP contribution in [0.2, 0.25) is 5.15 Å². The van der Waals surface area contributed by atoms with Gasteiger partial charge in [0.2, 0.25) is 0 Å². The lowest BCUT2D eigenvalue weighted by molar-refractivity contribution is 1.12. The number of halogens is 1. The fourth-order valence-corrected chi connectivity index (χ4v) is 3.21. The minimum absolute atomic E-state index is 0. The number of nitrogens with two attached hydrogens (primary N) is 1. The van der Waals surface area contributed by atoms with Crippen molar-refractivity contribution in [1.82, 2.24) is 19.9 Å². The van der Waals surface area contributed by atoms with Crippen LogP contribution in [0.25, 0.3) is 15.1 Å². The van der Waals surface area contributed by atoms with Gasteiger partial charge in [-0.25, -0.2) is 24.8 Å². The molecule has 0 unspecified atom stereocenters. The van der Waals surface area contributed by atoms with E-state index in [4.69, 9.17) is 23.9 Å². The lowest BCUT2D eigenvalue weighted by Crippen LogP contribution is -2.00. The number of hydrogen-bond acceptors (Lipinski definition) is 9. The van der Waals surface area contributed by atoms with Crippen LogP contribution in [-0.2, 0) is 0 Å². The molecule has 164 valence electrons. The molecule has 0 radical (unpaired) electrons. The van der Waals surface area contributed by atoms with Crippen LogP contribution in [0.5, 0.6) is 0 Å². The number of hydrogen-bond donors (Lipinski definition) is 4. The predicted octanol–water partition coefficient (Wildman–Crippen LogP) is 5.70. The molecule has 0 bridgehead atoms. The van der Waals surface area contributed by atoms with Crippen molar-refractivity contribution in [2.45, 2.75) is 35.1 Å². The largest absolute Gasteiger partial charge is 0.397 e. The van der Waals surface area contributed by atoms with E-state index in [1.54, 1.807) is 17.7 Å². The summed E-state index contributed by atoms with van der Waals surface area (Å²) in [5.74, 6) is 2.27. The zero-order valence-electron chi connectivity index (χ0n) is 16.8. The summed E-state index contributed by atoms with van der Waals surface area (Å²) in [6.45, 7) is 16.3. The number of rotatable bonds is 4. The highest BCUT2D eigenvalue weighted by atomic mass is 35.5. The van der Waals surface area contributed by atoms with Crippen molar-refractivity contribution in [3.05, 3.63) is 34.1 Å². The van der Waals surface area contributed by atoms with Crippen LogP contribution in [-0.4, -0.2) is 38.8 Å². The predicted molar refractivity (Wildman–Crippen MR) is 134 cm³/mol. The topological polar surface area (TPSA) is 106 Å². The second kappa shape index (κ2) is 14.6. The number of aromatic nitrogens is 4. The van der Waals surface area contributed by atoms with Crippen molar-refractivity contribution in [2.24, 2.45) is 0 Å². The zero-order valence-corrected chi connectivity index (χ0v) is 19.3. The van der Waals surface area contributed by atoms with Crippen LogP contribution >= 0.6 is 35.6 Å². The first-order valence-corrected chi connectivity index (χ1v) is 10.7. The van der Waals surface area contributed by atoms with E-state index in [-0.39, 0.29) is 18.3 Å². The molecule has 0 aliphatic carbocycles. The maximum atomic E-state index is 6.82. The van der Waals surface area contributed by atoms with Crippen molar-refractivity contribution < 1.29 is 0 Å². The van der Waals surface area contributed by atoms with Crippen LogP contribution in [0.1, 0.15) is 33.1 Å². The van der Waals surface area contributed by atoms with E-state index in [0.717, 1.165) is 38.9 Å². The summed E-state index contributed by atoms with van der Waals surface area (Å²) < 4.78 is 0. The van der Waals surface area contributed by atoms with Crippen LogP contribution in [0.3, 0.4) is 0 Å². The molecule has 4 N–H and O–H groups in total. The van der Waals surface area contributed by atoms with E-state index < -0.39 is 0 Å². The maximum Gasteiger partial charge on any atom is 0.264 e.